The average Bonchev–Trinajstić information content (AvgIpc) is 2.34. The zero-order chi connectivity index (χ0) is 11.8. The molecule has 1 heteroatoms. The van der Waals surface area contributed by atoms with Gasteiger partial charge in [0, 0.05) is 12.2 Å². The fraction of sp³-hybridized carbons (Fsp3) is 0.467. The van der Waals surface area contributed by atoms with Crippen molar-refractivity contribution in [2.45, 2.75) is 39.5 Å². The normalized spacial score (nSPS) is 10.1. The average molecular weight is 217 g/mol. The number of rotatable bonds is 7. The minimum atomic E-state index is 0.880. The third kappa shape index (κ3) is 4.52. The second kappa shape index (κ2) is 7.10. The van der Waals surface area contributed by atoms with Gasteiger partial charge in [-0.05, 0) is 37.0 Å². The summed E-state index contributed by atoms with van der Waals surface area (Å²) in [5.41, 5.74) is 3.87. The first-order valence-corrected chi connectivity index (χ1v) is 6.25. The van der Waals surface area contributed by atoms with Gasteiger partial charge in [0.2, 0.25) is 0 Å². The van der Waals surface area contributed by atoms with Gasteiger partial charge in [-0.25, -0.2) is 0 Å². The van der Waals surface area contributed by atoms with Crippen LogP contribution in [0, 0.1) is 0 Å². The summed E-state index contributed by atoms with van der Waals surface area (Å²) in [6.07, 6.45) is 4.77. The van der Waals surface area contributed by atoms with Gasteiger partial charge in [0.05, 0.1) is 0 Å². The van der Waals surface area contributed by atoms with Crippen LogP contribution in [0.3, 0.4) is 0 Å². The van der Waals surface area contributed by atoms with Gasteiger partial charge in [0.1, 0.15) is 0 Å². The van der Waals surface area contributed by atoms with Crippen molar-refractivity contribution < 1.29 is 0 Å². The highest BCUT2D eigenvalue weighted by Crippen LogP contribution is 2.12. The molecule has 1 rings (SSSR count). The molecular weight excluding hydrogens is 194 g/mol. The van der Waals surface area contributed by atoms with E-state index >= 15 is 0 Å². The Hall–Kier alpha value is -1.24. The fourth-order valence-electron chi connectivity index (χ4n) is 1.52. The van der Waals surface area contributed by atoms with Crippen LogP contribution in [-0.4, -0.2) is 6.54 Å². The molecule has 0 fully saturated rings. The molecule has 1 aromatic carbocycles. The quantitative estimate of drug-likeness (QED) is 0.667. The molecule has 0 bridgehead atoms. The summed E-state index contributed by atoms with van der Waals surface area (Å²) in [6.45, 7) is 9.23. The Morgan fingerprint density at radius 2 is 1.88 bits per heavy atom. The van der Waals surface area contributed by atoms with Crippen molar-refractivity contribution >= 4 is 5.69 Å². The van der Waals surface area contributed by atoms with Crippen molar-refractivity contribution in [3.63, 3.8) is 0 Å². The van der Waals surface area contributed by atoms with Gasteiger partial charge >= 0.3 is 0 Å². The fourth-order valence-corrected chi connectivity index (χ4v) is 1.52. The summed E-state index contributed by atoms with van der Waals surface area (Å²) in [7, 11) is 0. The SMILES string of the molecule is C=C(CC)CNc1ccc(CCCC)cc1. The second-order valence-corrected chi connectivity index (χ2v) is 4.26. The number of nitrogens with one attached hydrogen (secondary N) is 1. The zero-order valence-corrected chi connectivity index (χ0v) is 10.6. The lowest BCUT2D eigenvalue weighted by Crippen LogP contribution is -2.03. The molecule has 0 unspecified atom stereocenters. The standard InChI is InChI=1S/C15H23N/c1-4-6-7-14-8-10-15(11-9-14)16-12-13(3)5-2/h8-11,16H,3-7,12H2,1-2H3. The Labute approximate surface area is 99.6 Å². The van der Waals surface area contributed by atoms with Crippen molar-refractivity contribution in [2.24, 2.45) is 0 Å². The van der Waals surface area contributed by atoms with Gasteiger partial charge in [0.15, 0.2) is 0 Å². The number of hydrogen-bond acceptors (Lipinski definition) is 1. The molecule has 0 amide bonds. The van der Waals surface area contributed by atoms with Crippen LogP contribution >= 0.6 is 0 Å². The van der Waals surface area contributed by atoms with E-state index in [0.717, 1.165) is 13.0 Å². The van der Waals surface area contributed by atoms with Crippen molar-refractivity contribution in [3.8, 4) is 0 Å². The molecule has 1 N–H and O–H groups in total. The molecule has 0 atom stereocenters. The lowest BCUT2D eigenvalue weighted by molar-refractivity contribution is 0.795. The maximum Gasteiger partial charge on any atom is 0.0357 e. The summed E-state index contributed by atoms with van der Waals surface area (Å²) >= 11 is 0. The predicted octanol–water partition coefficient (Wildman–Crippen LogP) is 4.41. The Morgan fingerprint density at radius 3 is 2.44 bits per heavy atom. The third-order valence-corrected chi connectivity index (χ3v) is 2.82. The van der Waals surface area contributed by atoms with Crippen LogP contribution in [0.15, 0.2) is 36.4 Å². The lowest BCUT2D eigenvalue weighted by Gasteiger charge is -2.08. The van der Waals surface area contributed by atoms with E-state index in [-0.39, 0.29) is 0 Å². The van der Waals surface area contributed by atoms with Gasteiger partial charge < -0.3 is 5.32 Å². The van der Waals surface area contributed by atoms with E-state index in [2.05, 4.69) is 50.0 Å². The lowest BCUT2D eigenvalue weighted by atomic mass is 10.1. The second-order valence-electron chi connectivity index (χ2n) is 4.26. The predicted molar refractivity (Wildman–Crippen MR) is 73.0 cm³/mol. The summed E-state index contributed by atoms with van der Waals surface area (Å²) in [5, 5.41) is 3.38. The number of benzene rings is 1. The van der Waals surface area contributed by atoms with E-state index in [1.807, 2.05) is 0 Å². The van der Waals surface area contributed by atoms with Crippen molar-refractivity contribution in [1.82, 2.24) is 0 Å². The Bertz CT molecular complexity index is 311. The topological polar surface area (TPSA) is 12.0 Å². The maximum atomic E-state index is 3.98. The molecule has 1 nitrogen and oxygen atoms in total. The maximum absolute atomic E-state index is 3.98. The van der Waals surface area contributed by atoms with Crippen LogP contribution in [0.25, 0.3) is 0 Å². The monoisotopic (exact) mass is 217 g/mol. The molecule has 0 aliphatic heterocycles. The molecule has 16 heavy (non-hydrogen) atoms. The molecule has 0 heterocycles. The molecular formula is C15H23N. The molecule has 0 aliphatic carbocycles. The van der Waals surface area contributed by atoms with E-state index in [1.54, 1.807) is 0 Å². The summed E-state index contributed by atoms with van der Waals surface area (Å²) in [4.78, 5) is 0. The van der Waals surface area contributed by atoms with E-state index in [9.17, 15) is 0 Å². The van der Waals surface area contributed by atoms with Crippen LogP contribution in [0.2, 0.25) is 0 Å². The summed E-state index contributed by atoms with van der Waals surface area (Å²) in [6, 6.07) is 8.75. The van der Waals surface area contributed by atoms with Crippen LogP contribution in [0.5, 0.6) is 0 Å². The van der Waals surface area contributed by atoms with Gasteiger partial charge in [0.25, 0.3) is 0 Å². The number of unbranched alkanes of at least 4 members (excludes halogenated alkanes) is 1. The molecule has 0 saturated carbocycles. The van der Waals surface area contributed by atoms with Crippen molar-refractivity contribution in [2.75, 3.05) is 11.9 Å². The van der Waals surface area contributed by atoms with E-state index in [0.29, 0.717) is 0 Å². The van der Waals surface area contributed by atoms with Crippen LogP contribution in [0.4, 0.5) is 5.69 Å². The van der Waals surface area contributed by atoms with Crippen molar-refractivity contribution in [3.05, 3.63) is 42.0 Å². The molecule has 0 spiro atoms. The van der Waals surface area contributed by atoms with Gasteiger partial charge in [-0.3, -0.25) is 0 Å². The molecule has 0 aliphatic rings. The Morgan fingerprint density at radius 1 is 1.19 bits per heavy atom. The van der Waals surface area contributed by atoms with E-state index in [1.165, 1.54) is 36.1 Å². The number of hydrogen-bond donors (Lipinski definition) is 1. The van der Waals surface area contributed by atoms with Crippen molar-refractivity contribution in [1.29, 1.82) is 0 Å². The third-order valence-electron chi connectivity index (χ3n) is 2.82. The van der Waals surface area contributed by atoms with E-state index < -0.39 is 0 Å². The minimum Gasteiger partial charge on any atom is -0.381 e. The largest absolute Gasteiger partial charge is 0.381 e. The smallest absolute Gasteiger partial charge is 0.0357 e. The Balaban J connectivity index is 2.41. The number of anilines is 1. The highest BCUT2D eigenvalue weighted by atomic mass is 14.9. The first kappa shape index (κ1) is 12.8. The molecule has 0 aromatic heterocycles. The van der Waals surface area contributed by atoms with Crippen LogP contribution < -0.4 is 5.32 Å². The summed E-state index contributed by atoms with van der Waals surface area (Å²) in [5.74, 6) is 0. The van der Waals surface area contributed by atoms with Crippen LogP contribution in [-0.2, 0) is 6.42 Å². The highest BCUT2D eigenvalue weighted by molar-refractivity contribution is 5.45. The summed E-state index contributed by atoms with van der Waals surface area (Å²) < 4.78 is 0. The molecule has 1 aromatic rings. The van der Waals surface area contributed by atoms with Gasteiger partial charge in [-0.1, -0.05) is 44.6 Å². The molecule has 0 radical (unpaired) electrons. The van der Waals surface area contributed by atoms with E-state index in [4.69, 9.17) is 0 Å². The molecule has 88 valence electrons. The molecule has 0 saturated heterocycles. The van der Waals surface area contributed by atoms with Gasteiger partial charge in [-0.2, -0.15) is 0 Å². The van der Waals surface area contributed by atoms with Crippen LogP contribution in [0.1, 0.15) is 38.7 Å². The number of aryl methyl sites for hydroxylation is 1. The first-order valence-electron chi connectivity index (χ1n) is 6.25. The highest BCUT2D eigenvalue weighted by Gasteiger charge is 1.95. The Kier molecular flexibility index (Phi) is 5.69. The first-order chi connectivity index (χ1) is 7.76. The minimum absolute atomic E-state index is 0.880. The zero-order valence-electron chi connectivity index (χ0n) is 10.6. The van der Waals surface area contributed by atoms with Gasteiger partial charge in [-0.15, -0.1) is 0 Å².